The molecule has 0 N–H and O–H groups in total. The Morgan fingerprint density at radius 1 is 1.17 bits per heavy atom. The third-order valence-corrected chi connectivity index (χ3v) is 0. The van der Waals surface area contributed by atoms with Crippen molar-refractivity contribution in [2.24, 2.45) is 0 Å². The Morgan fingerprint density at radius 3 is 1.17 bits per heavy atom. The largest absolute Gasteiger partial charge is 0.0862 e. The molecule has 0 bridgehead atoms. The molecule has 0 unspecified atom stereocenters. The maximum Gasteiger partial charge on any atom is 0.0173 e. The van der Waals surface area contributed by atoms with Crippen LogP contribution in [0.3, 0.4) is 0 Å². The van der Waals surface area contributed by atoms with Crippen molar-refractivity contribution in [3.63, 3.8) is 0 Å². The Labute approximate surface area is 60.6 Å². The van der Waals surface area contributed by atoms with E-state index in [0.29, 0.717) is 4.32 Å². The smallest absolute Gasteiger partial charge is 0.0173 e. The van der Waals surface area contributed by atoms with Crippen LogP contribution in [0.25, 0.3) is 0 Å². The van der Waals surface area contributed by atoms with Crippen LogP contribution >= 0.6 is 15.9 Å². The molecule has 0 amide bonds. The molecule has 0 spiro atoms. The minimum absolute atomic E-state index is 0. The van der Waals surface area contributed by atoms with Gasteiger partial charge in [-0.05, 0) is 0 Å². The van der Waals surface area contributed by atoms with Gasteiger partial charge in [0.25, 0.3) is 0 Å². The monoisotopic (exact) mass is 200 g/mol. The van der Waals surface area contributed by atoms with Crippen molar-refractivity contribution in [1.29, 1.82) is 0 Å². The summed E-state index contributed by atoms with van der Waals surface area (Å²) in [5.41, 5.74) is 0. The van der Waals surface area contributed by atoms with Crippen LogP contribution in [0.5, 0.6) is 0 Å². The fourth-order valence-electron chi connectivity index (χ4n) is 0. The number of alkyl halides is 1. The van der Waals surface area contributed by atoms with Crippen molar-refractivity contribution in [1.82, 2.24) is 0 Å². The Morgan fingerprint density at radius 2 is 1.17 bits per heavy atom. The molecule has 0 aromatic carbocycles. The summed E-state index contributed by atoms with van der Waals surface area (Å²) in [7, 11) is 0. The molecule has 0 aliphatic heterocycles. The van der Waals surface area contributed by atoms with E-state index in [0.717, 1.165) is 0 Å². The first-order valence-corrected chi connectivity index (χ1v) is 2.48. The molecule has 0 atom stereocenters. The first-order valence-electron chi connectivity index (χ1n) is 1.69. The predicted molar refractivity (Wildman–Crippen MR) is 28.7 cm³/mol. The van der Waals surface area contributed by atoms with Crippen molar-refractivity contribution in [2.75, 3.05) is 0 Å². The van der Waals surface area contributed by atoms with Crippen molar-refractivity contribution in [3.05, 3.63) is 0 Å². The molecule has 0 nitrogen and oxygen atoms in total. The molecule has 0 saturated heterocycles. The minimum Gasteiger partial charge on any atom is -0.0862 e. The zero-order valence-corrected chi connectivity index (χ0v) is 9.14. The molecular weight excluding hydrogens is 193 g/mol. The molecule has 0 rings (SSSR count). The van der Waals surface area contributed by atoms with E-state index in [4.69, 9.17) is 0 Å². The molecule has 2 heteroatoms. The minimum atomic E-state index is 0. The number of hydrogen-bond donors (Lipinski definition) is 0. The van der Waals surface area contributed by atoms with Crippen molar-refractivity contribution in [2.45, 2.75) is 25.1 Å². The Bertz CT molecular complexity index is 23.0. The summed E-state index contributed by atoms with van der Waals surface area (Å²) < 4.78 is 0.312. The Hall–Kier alpha value is 1.10. The van der Waals surface area contributed by atoms with E-state index in [-0.39, 0.29) is 19.5 Å². The molecular formula is C4H9BrZn. The first kappa shape index (κ1) is 10.2. The summed E-state index contributed by atoms with van der Waals surface area (Å²) in [5, 5.41) is 0. The third-order valence-electron chi connectivity index (χ3n) is 0. The fraction of sp³-hybridized carbons (Fsp3) is 1.00. The summed E-state index contributed by atoms with van der Waals surface area (Å²) in [6.45, 7) is 6.31. The van der Waals surface area contributed by atoms with E-state index in [1.165, 1.54) is 0 Å². The van der Waals surface area contributed by atoms with E-state index in [2.05, 4.69) is 36.7 Å². The van der Waals surface area contributed by atoms with Gasteiger partial charge in [0.05, 0.1) is 0 Å². The first-order chi connectivity index (χ1) is 2.00. The van der Waals surface area contributed by atoms with Crippen LogP contribution in [0.2, 0.25) is 0 Å². The Balaban J connectivity index is 0. The molecule has 6 heavy (non-hydrogen) atoms. The topological polar surface area (TPSA) is 0 Å². The summed E-state index contributed by atoms with van der Waals surface area (Å²) in [6, 6.07) is 0. The van der Waals surface area contributed by atoms with Crippen LogP contribution in [0, 0.1) is 0 Å². The van der Waals surface area contributed by atoms with Gasteiger partial charge in [-0.25, -0.2) is 0 Å². The number of halogens is 1. The molecule has 0 aromatic heterocycles. The zero-order valence-electron chi connectivity index (χ0n) is 4.59. The van der Waals surface area contributed by atoms with Crippen molar-refractivity contribution < 1.29 is 19.5 Å². The molecule has 0 radical (unpaired) electrons. The third kappa shape index (κ3) is 70.6. The van der Waals surface area contributed by atoms with Crippen LogP contribution in [0.4, 0.5) is 0 Å². The summed E-state index contributed by atoms with van der Waals surface area (Å²) in [5.74, 6) is 0. The van der Waals surface area contributed by atoms with E-state index < -0.39 is 0 Å². The van der Waals surface area contributed by atoms with Gasteiger partial charge in [-0.2, -0.15) is 0 Å². The predicted octanol–water partition coefficient (Wildman–Crippen LogP) is 2.18. The molecule has 0 aliphatic rings. The molecule has 0 heterocycles. The standard InChI is InChI=1S/C4H9Br.Zn/c1-4(2,3)5;/h1-3H3;. The second-order valence-electron chi connectivity index (χ2n) is 2.07. The Kier molecular flexibility index (Phi) is 5.33. The van der Waals surface area contributed by atoms with Gasteiger partial charge in [-0.3, -0.25) is 0 Å². The van der Waals surface area contributed by atoms with Gasteiger partial charge in [0.15, 0.2) is 0 Å². The van der Waals surface area contributed by atoms with Gasteiger partial charge in [-0.15, -0.1) is 0 Å². The van der Waals surface area contributed by atoms with E-state index in [9.17, 15) is 0 Å². The van der Waals surface area contributed by atoms with Crippen molar-refractivity contribution in [3.8, 4) is 0 Å². The molecule has 34 valence electrons. The average molecular weight is 202 g/mol. The average Bonchev–Trinajstić information content (AvgIpc) is 0.722. The van der Waals surface area contributed by atoms with Gasteiger partial charge < -0.3 is 0 Å². The van der Waals surface area contributed by atoms with Gasteiger partial charge in [0, 0.05) is 23.8 Å². The van der Waals surface area contributed by atoms with Gasteiger partial charge in [-0.1, -0.05) is 36.7 Å². The van der Waals surface area contributed by atoms with Crippen LogP contribution in [0.1, 0.15) is 20.8 Å². The van der Waals surface area contributed by atoms with E-state index >= 15 is 0 Å². The van der Waals surface area contributed by atoms with E-state index in [1.54, 1.807) is 0 Å². The van der Waals surface area contributed by atoms with Crippen molar-refractivity contribution >= 4 is 15.9 Å². The maximum atomic E-state index is 3.38. The van der Waals surface area contributed by atoms with Gasteiger partial charge in [0.1, 0.15) is 0 Å². The fourth-order valence-corrected chi connectivity index (χ4v) is 0. The second kappa shape index (κ2) is 3.15. The quantitative estimate of drug-likeness (QED) is 0.417. The summed E-state index contributed by atoms with van der Waals surface area (Å²) in [6.07, 6.45) is 0. The van der Waals surface area contributed by atoms with Crippen LogP contribution < -0.4 is 0 Å². The number of hydrogen-bond acceptors (Lipinski definition) is 0. The molecule has 0 saturated carbocycles. The molecule has 0 aliphatic carbocycles. The van der Waals surface area contributed by atoms with Crippen LogP contribution in [0.15, 0.2) is 0 Å². The SMILES string of the molecule is CC(C)(C)Br.[Zn]. The second-order valence-corrected chi connectivity index (χ2v) is 4.45. The van der Waals surface area contributed by atoms with Crippen LogP contribution in [-0.4, -0.2) is 4.32 Å². The van der Waals surface area contributed by atoms with Gasteiger partial charge in [0.2, 0.25) is 0 Å². The number of rotatable bonds is 0. The van der Waals surface area contributed by atoms with E-state index in [1.807, 2.05) is 0 Å². The maximum absolute atomic E-state index is 3.38. The molecule has 0 aromatic rings. The summed E-state index contributed by atoms with van der Waals surface area (Å²) >= 11 is 3.38. The zero-order chi connectivity index (χ0) is 4.50. The van der Waals surface area contributed by atoms with Crippen LogP contribution in [-0.2, 0) is 19.5 Å². The normalized spacial score (nSPS) is 10.0. The molecule has 0 fully saturated rings. The summed E-state index contributed by atoms with van der Waals surface area (Å²) in [4.78, 5) is 0. The van der Waals surface area contributed by atoms with Gasteiger partial charge >= 0.3 is 0 Å².